The van der Waals surface area contributed by atoms with Gasteiger partial charge in [-0.2, -0.15) is 0 Å². The molecule has 0 radical (unpaired) electrons. The van der Waals surface area contributed by atoms with Crippen LogP contribution in [0, 0.1) is 0 Å². The number of hydrogen-bond donors (Lipinski definition) is 0. The Bertz CT molecular complexity index is 316. The molecular weight excluding hydrogens is 246 g/mol. The van der Waals surface area contributed by atoms with Gasteiger partial charge in [0.05, 0.1) is 34.0 Å². The van der Waals surface area contributed by atoms with Crippen molar-refractivity contribution >= 4 is 10.4 Å². The summed E-state index contributed by atoms with van der Waals surface area (Å²) in [5.74, 6) is 1.01. The van der Waals surface area contributed by atoms with Crippen LogP contribution < -0.4 is 0 Å². The first-order valence-electron chi connectivity index (χ1n) is 5.09. The van der Waals surface area contributed by atoms with Crippen molar-refractivity contribution in [2.45, 2.75) is 13.8 Å². The molecule has 0 fully saturated rings. The van der Waals surface area contributed by atoms with Crippen LogP contribution in [0.15, 0.2) is 11.8 Å². The molecule has 6 nitrogen and oxygen atoms in total. The number of quaternary nitrogens is 1. The molecule has 0 rings (SSSR count). The van der Waals surface area contributed by atoms with E-state index in [9.17, 15) is 13.0 Å². The number of nitrogens with zero attached hydrogens (tertiary/aromatic N) is 1. The van der Waals surface area contributed by atoms with E-state index in [-0.39, 0.29) is 0 Å². The molecule has 0 aliphatic rings. The Balaban J connectivity index is 0. The second-order valence-electron chi connectivity index (χ2n) is 4.34. The second-order valence-corrected chi connectivity index (χ2v) is 5.49. The van der Waals surface area contributed by atoms with Crippen LogP contribution in [-0.4, -0.2) is 58.9 Å². The average Bonchev–Trinajstić information content (AvgIpc) is 2.15. The van der Waals surface area contributed by atoms with Crippen LogP contribution in [0.25, 0.3) is 0 Å². The van der Waals surface area contributed by atoms with Crippen LogP contribution >= 0.6 is 0 Å². The fourth-order valence-corrected chi connectivity index (χ4v) is 0.564. The zero-order valence-corrected chi connectivity index (χ0v) is 12.2. The standard InChI is InChI=1S/C9H20NO.CH4O4S/c1-6-9(2)11-8-7-10(3,4)5;1-5-6(2,3)4/h6H,7-8H2,1-5H3;1H3,(H,2,3,4)/q+1;/p-1. The van der Waals surface area contributed by atoms with Gasteiger partial charge in [0.1, 0.15) is 13.2 Å². The van der Waals surface area contributed by atoms with Gasteiger partial charge in [0.25, 0.3) is 0 Å². The number of rotatable bonds is 5. The highest BCUT2D eigenvalue weighted by atomic mass is 32.3. The Kier molecular flexibility index (Phi) is 9.32. The molecular formula is C10H23NO5S. The first kappa shape index (κ1) is 18.7. The summed E-state index contributed by atoms with van der Waals surface area (Å²) in [6.45, 7) is 5.82. The fraction of sp³-hybridized carbons (Fsp3) is 0.800. The first-order valence-corrected chi connectivity index (χ1v) is 6.42. The summed E-state index contributed by atoms with van der Waals surface area (Å²) in [6, 6.07) is 0. The van der Waals surface area contributed by atoms with Crippen molar-refractivity contribution in [2.75, 3.05) is 41.4 Å². The van der Waals surface area contributed by atoms with Crippen LogP contribution in [0.4, 0.5) is 0 Å². The van der Waals surface area contributed by atoms with E-state index in [2.05, 4.69) is 25.3 Å². The lowest BCUT2D eigenvalue weighted by Crippen LogP contribution is -2.37. The molecule has 0 atom stereocenters. The summed E-state index contributed by atoms with van der Waals surface area (Å²) in [6.07, 6.45) is 1.98. The topological polar surface area (TPSA) is 75.7 Å². The molecule has 0 amide bonds. The fourth-order valence-electron chi connectivity index (χ4n) is 0.564. The van der Waals surface area contributed by atoms with E-state index in [0.717, 1.165) is 30.5 Å². The number of allylic oxidation sites excluding steroid dienone is 2. The number of likely N-dealkylation sites (N-methyl/N-ethyl adjacent to an activating group) is 1. The molecule has 0 N–H and O–H groups in total. The summed E-state index contributed by atoms with van der Waals surface area (Å²) in [4.78, 5) is 0. The molecule has 0 aromatic rings. The third-order valence-electron chi connectivity index (χ3n) is 1.70. The van der Waals surface area contributed by atoms with Gasteiger partial charge in [-0.1, -0.05) is 6.08 Å². The van der Waals surface area contributed by atoms with Gasteiger partial charge in [-0.3, -0.25) is 4.18 Å². The van der Waals surface area contributed by atoms with E-state index < -0.39 is 10.4 Å². The molecule has 0 unspecified atom stereocenters. The summed E-state index contributed by atoms with van der Waals surface area (Å²) < 4.78 is 37.4. The normalized spacial score (nSPS) is 12.8. The van der Waals surface area contributed by atoms with E-state index in [4.69, 9.17) is 4.74 Å². The van der Waals surface area contributed by atoms with Crippen molar-refractivity contribution in [1.29, 1.82) is 0 Å². The van der Waals surface area contributed by atoms with Gasteiger partial charge in [-0.05, 0) is 13.8 Å². The zero-order chi connectivity index (χ0) is 14.1. The molecule has 0 saturated carbocycles. The highest BCUT2D eigenvalue weighted by Gasteiger charge is 2.05. The predicted molar refractivity (Wildman–Crippen MR) is 65.0 cm³/mol. The third kappa shape index (κ3) is 21.3. The summed E-state index contributed by atoms with van der Waals surface area (Å²) >= 11 is 0. The monoisotopic (exact) mass is 269 g/mol. The molecule has 17 heavy (non-hydrogen) atoms. The Morgan fingerprint density at radius 3 is 2.00 bits per heavy atom. The van der Waals surface area contributed by atoms with Crippen molar-refractivity contribution in [3.05, 3.63) is 11.8 Å². The maximum absolute atomic E-state index is 9.22. The van der Waals surface area contributed by atoms with Crippen LogP contribution in [0.2, 0.25) is 0 Å². The van der Waals surface area contributed by atoms with Gasteiger partial charge in [0, 0.05) is 0 Å². The SMILES string of the molecule is CC=C(C)OCC[N+](C)(C)C.COS(=O)(=O)[O-]. The average molecular weight is 269 g/mol. The Hall–Kier alpha value is -0.630. The lowest BCUT2D eigenvalue weighted by molar-refractivity contribution is -0.870. The quantitative estimate of drug-likeness (QED) is 0.318. The van der Waals surface area contributed by atoms with Crippen molar-refractivity contribution < 1.29 is 26.4 Å². The van der Waals surface area contributed by atoms with E-state index >= 15 is 0 Å². The van der Waals surface area contributed by atoms with Crippen LogP contribution in [0.1, 0.15) is 13.8 Å². The molecule has 0 aromatic carbocycles. The number of hydrogen-bond acceptors (Lipinski definition) is 5. The summed E-state index contributed by atoms with van der Waals surface area (Å²) in [7, 11) is 2.88. The van der Waals surface area contributed by atoms with E-state index in [1.165, 1.54) is 0 Å². The maximum atomic E-state index is 9.22. The zero-order valence-electron chi connectivity index (χ0n) is 11.4. The smallest absolute Gasteiger partial charge is 0.217 e. The van der Waals surface area contributed by atoms with Gasteiger partial charge >= 0.3 is 0 Å². The summed E-state index contributed by atoms with van der Waals surface area (Å²) in [5.41, 5.74) is 0. The second kappa shape index (κ2) is 8.46. The Morgan fingerprint density at radius 1 is 1.35 bits per heavy atom. The molecule has 104 valence electrons. The van der Waals surface area contributed by atoms with E-state index in [0.29, 0.717) is 0 Å². The molecule has 0 saturated heterocycles. The van der Waals surface area contributed by atoms with Gasteiger partial charge in [0.2, 0.25) is 10.4 Å². The Morgan fingerprint density at radius 2 is 1.76 bits per heavy atom. The third-order valence-corrected chi connectivity index (χ3v) is 2.11. The predicted octanol–water partition coefficient (Wildman–Crippen LogP) is 0.726. The minimum Gasteiger partial charge on any atom is -0.726 e. The molecule has 0 heterocycles. The molecule has 0 aromatic heterocycles. The minimum atomic E-state index is -4.41. The molecule has 7 heteroatoms. The van der Waals surface area contributed by atoms with Gasteiger partial charge in [0.15, 0.2) is 0 Å². The van der Waals surface area contributed by atoms with Crippen LogP contribution in [0.5, 0.6) is 0 Å². The van der Waals surface area contributed by atoms with Crippen molar-refractivity contribution in [3.8, 4) is 0 Å². The molecule has 0 spiro atoms. The summed E-state index contributed by atoms with van der Waals surface area (Å²) in [5, 5.41) is 0. The highest BCUT2D eigenvalue weighted by Crippen LogP contribution is 1.96. The first-order chi connectivity index (χ1) is 7.52. The van der Waals surface area contributed by atoms with E-state index in [1.807, 2.05) is 19.9 Å². The van der Waals surface area contributed by atoms with Gasteiger partial charge in [-0.25, -0.2) is 8.42 Å². The van der Waals surface area contributed by atoms with E-state index in [1.54, 1.807) is 0 Å². The molecule has 0 aliphatic heterocycles. The van der Waals surface area contributed by atoms with Crippen LogP contribution in [-0.2, 0) is 19.3 Å². The van der Waals surface area contributed by atoms with Crippen LogP contribution in [0.3, 0.4) is 0 Å². The van der Waals surface area contributed by atoms with Crippen molar-refractivity contribution in [1.82, 2.24) is 0 Å². The van der Waals surface area contributed by atoms with Gasteiger partial charge in [-0.15, -0.1) is 0 Å². The van der Waals surface area contributed by atoms with Gasteiger partial charge < -0.3 is 13.8 Å². The van der Waals surface area contributed by atoms with Crippen molar-refractivity contribution in [3.63, 3.8) is 0 Å². The highest BCUT2D eigenvalue weighted by molar-refractivity contribution is 7.80. The molecule has 0 aliphatic carbocycles. The Labute approximate surface area is 104 Å². The lowest BCUT2D eigenvalue weighted by Gasteiger charge is -2.23. The molecule has 0 bridgehead atoms. The minimum absolute atomic E-state index is 0.805. The van der Waals surface area contributed by atoms with Crippen molar-refractivity contribution in [2.24, 2.45) is 0 Å². The number of ether oxygens (including phenoxy) is 1. The lowest BCUT2D eigenvalue weighted by atomic mass is 10.5. The largest absolute Gasteiger partial charge is 0.726 e. The maximum Gasteiger partial charge on any atom is 0.217 e.